The van der Waals surface area contributed by atoms with Gasteiger partial charge in [-0.3, -0.25) is 4.79 Å². The van der Waals surface area contributed by atoms with Gasteiger partial charge in [0, 0.05) is 13.6 Å². The zero-order valence-electron chi connectivity index (χ0n) is 12.7. The Balaban J connectivity index is 1.42. The molecule has 1 aromatic carbocycles. The highest BCUT2D eigenvalue weighted by atomic mass is 32.2. The summed E-state index contributed by atoms with van der Waals surface area (Å²) in [4.78, 5) is 11.8. The molecule has 1 aliphatic rings. The van der Waals surface area contributed by atoms with Crippen LogP contribution in [0.1, 0.15) is 5.56 Å². The normalized spacial score (nSPS) is 12.9. The molecular weight excluding hydrogens is 318 g/mol. The number of nitrogens with one attached hydrogen (secondary N) is 1. The van der Waals surface area contributed by atoms with Crippen molar-refractivity contribution in [2.45, 2.75) is 11.6 Å². The highest BCUT2D eigenvalue weighted by Gasteiger charge is 2.12. The van der Waals surface area contributed by atoms with Crippen LogP contribution < -0.4 is 14.8 Å². The van der Waals surface area contributed by atoms with Gasteiger partial charge in [-0.25, -0.2) is 4.68 Å². The number of ether oxygens (including phenoxy) is 2. The van der Waals surface area contributed by atoms with Crippen LogP contribution in [0, 0.1) is 0 Å². The molecule has 0 saturated carbocycles. The number of fused-ring (bicyclic) bond motifs is 1. The highest BCUT2D eigenvalue weighted by molar-refractivity contribution is 7.99. The van der Waals surface area contributed by atoms with Gasteiger partial charge >= 0.3 is 0 Å². The Hall–Kier alpha value is -2.29. The molecule has 1 N–H and O–H groups in total. The van der Waals surface area contributed by atoms with E-state index >= 15 is 0 Å². The second-order valence-corrected chi connectivity index (χ2v) is 5.89. The largest absolute Gasteiger partial charge is 0.486 e. The first-order valence-electron chi connectivity index (χ1n) is 7.23. The van der Waals surface area contributed by atoms with Gasteiger partial charge in [0.25, 0.3) is 0 Å². The third-order valence-corrected chi connectivity index (χ3v) is 4.27. The lowest BCUT2D eigenvalue weighted by atomic mass is 10.1. The lowest BCUT2D eigenvalue weighted by Crippen LogP contribution is -2.27. The predicted molar refractivity (Wildman–Crippen MR) is 83.7 cm³/mol. The number of hydrogen-bond donors (Lipinski definition) is 1. The fourth-order valence-electron chi connectivity index (χ4n) is 2.11. The van der Waals surface area contributed by atoms with Crippen LogP contribution in [-0.2, 0) is 18.3 Å². The van der Waals surface area contributed by atoms with Gasteiger partial charge in [-0.05, 0) is 34.5 Å². The molecular formula is C14H17N5O3S. The number of carbonyl (C=O) groups is 1. The second-order valence-electron chi connectivity index (χ2n) is 4.95. The van der Waals surface area contributed by atoms with Crippen LogP contribution in [0.5, 0.6) is 11.5 Å². The highest BCUT2D eigenvalue weighted by Crippen LogP contribution is 2.30. The van der Waals surface area contributed by atoms with E-state index in [1.807, 2.05) is 18.2 Å². The molecule has 2 aromatic rings. The van der Waals surface area contributed by atoms with Crippen molar-refractivity contribution in [1.29, 1.82) is 0 Å². The molecule has 3 rings (SSSR count). The van der Waals surface area contributed by atoms with E-state index in [1.54, 1.807) is 7.05 Å². The van der Waals surface area contributed by atoms with E-state index in [1.165, 1.54) is 16.4 Å². The molecule has 23 heavy (non-hydrogen) atoms. The third-order valence-electron chi connectivity index (χ3n) is 3.26. The average molecular weight is 335 g/mol. The van der Waals surface area contributed by atoms with E-state index in [2.05, 4.69) is 20.8 Å². The number of aromatic nitrogens is 4. The lowest BCUT2D eigenvalue weighted by molar-refractivity contribution is -0.118. The zero-order valence-corrected chi connectivity index (χ0v) is 13.5. The summed E-state index contributed by atoms with van der Waals surface area (Å²) in [6.07, 6.45) is 0.735. The van der Waals surface area contributed by atoms with E-state index in [4.69, 9.17) is 9.47 Å². The number of aryl methyl sites for hydroxylation is 1. The fourth-order valence-corrected chi connectivity index (χ4v) is 2.79. The van der Waals surface area contributed by atoms with Gasteiger partial charge in [-0.2, -0.15) is 0 Å². The van der Waals surface area contributed by atoms with Gasteiger partial charge in [-0.15, -0.1) is 5.10 Å². The van der Waals surface area contributed by atoms with Crippen LogP contribution in [0.3, 0.4) is 0 Å². The van der Waals surface area contributed by atoms with E-state index in [9.17, 15) is 4.79 Å². The summed E-state index contributed by atoms with van der Waals surface area (Å²) in [6.45, 7) is 1.72. The summed E-state index contributed by atoms with van der Waals surface area (Å²) in [5.41, 5.74) is 1.10. The molecule has 0 unspecified atom stereocenters. The molecule has 8 nitrogen and oxygen atoms in total. The van der Waals surface area contributed by atoms with Crippen LogP contribution in [-0.4, -0.2) is 51.6 Å². The summed E-state index contributed by atoms with van der Waals surface area (Å²) in [5, 5.41) is 14.6. The lowest BCUT2D eigenvalue weighted by Gasteiger charge is -2.18. The van der Waals surface area contributed by atoms with Crippen LogP contribution in [0.2, 0.25) is 0 Å². The maximum Gasteiger partial charge on any atom is 0.230 e. The van der Waals surface area contributed by atoms with Gasteiger partial charge in [0.15, 0.2) is 11.5 Å². The van der Waals surface area contributed by atoms with E-state index < -0.39 is 0 Å². The Morgan fingerprint density at radius 2 is 2.17 bits per heavy atom. The quantitative estimate of drug-likeness (QED) is 0.766. The molecule has 0 spiro atoms. The van der Waals surface area contributed by atoms with Crippen LogP contribution in [0.15, 0.2) is 23.4 Å². The summed E-state index contributed by atoms with van der Waals surface area (Å²) in [6, 6.07) is 5.85. The van der Waals surface area contributed by atoms with Gasteiger partial charge < -0.3 is 14.8 Å². The summed E-state index contributed by atoms with van der Waals surface area (Å²) >= 11 is 1.30. The Bertz CT molecular complexity index is 691. The number of amides is 1. The van der Waals surface area contributed by atoms with E-state index in [0.717, 1.165) is 23.5 Å². The standard InChI is InChI=1S/C14H17N5O3S/c1-19-14(16-17-18-19)23-9-13(20)15-5-4-10-2-3-11-12(8-10)22-7-6-21-11/h2-3,8H,4-7,9H2,1H3,(H,15,20). The maximum atomic E-state index is 11.8. The van der Waals surface area contributed by atoms with Crippen molar-refractivity contribution in [2.24, 2.45) is 7.05 Å². The van der Waals surface area contributed by atoms with Crippen molar-refractivity contribution in [3.63, 3.8) is 0 Å². The molecule has 122 valence electrons. The molecule has 0 aliphatic carbocycles. The number of carbonyl (C=O) groups excluding carboxylic acids is 1. The molecule has 1 aromatic heterocycles. The maximum absolute atomic E-state index is 11.8. The van der Waals surface area contributed by atoms with Gasteiger partial charge in [0.05, 0.1) is 5.75 Å². The fraction of sp³-hybridized carbons (Fsp3) is 0.429. The Labute approximate surface area is 137 Å². The summed E-state index contributed by atoms with van der Waals surface area (Å²) in [7, 11) is 1.74. The molecule has 2 heterocycles. The first-order valence-corrected chi connectivity index (χ1v) is 8.21. The monoisotopic (exact) mass is 335 g/mol. The van der Waals surface area contributed by atoms with E-state index in [0.29, 0.717) is 24.9 Å². The van der Waals surface area contributed by atoms with Gasteiger partial charge in [-0.1, -0.05) is 17.8 Å². The number of tetrazole rings is 1. The Morgan fingerprint density at radius 1 is 1.35 bits per heavy atom. The molecule has 0 saturated heterocycles. The molecule has 0 radical (unpaired) electrons. The molecule has 0 fully saturated rings. The van der Waals surface area contributed by atoms with E-state index in [-0.39, 0.29) is 11.7 Å². The van der Waals surface area contributed by atoms with Crippen molar-refractivity contribution >= 4 is 17.7 Å². The Kier molecular flexibility index (Phi) is 4.96. The second kappa shape index (κ2) is 7.32. The van der Waals surface area contributed by atoms with Crippen LogP contribution in [0.4, 0.5) is 0 Å². The van der Waals surface area contributed by atoms with Crippen molar-refractivity contribution in [1.82, 2.24) is 25.5 Å². The molecule has 1 amide bonds. The third kappa shape index (κ3) is 4.13. The topological polar surface area (TPSA) is 91.2 Å². The van der Waals surface area contributed by atoms with Crippen molar-refractivity contribution in [2.75, 3.05) is 25.5 Å². The number of nitrogens with zero attached hydrogens (tertiary/aromatic N) is 4. The average Bonchev–Trinajstić information content (AvgIpc) is 2.98. The SMILES string of the molecule is Cn1nnnc1SCC(=O)NCCc1ccc2c(c1)OCCO2. The van der Waals surface area contributed by atoms with Crippen LogP contribution >= 0.6 is 11.8 Å². The number of hydrogen-bond acceptors (Lipinski definition) is 7. The number of benzene rings is 1. The molecule has 0 atom stereocenters. The first-order chi connectivity index (χ1) is 11.2. The zero-order chi connectivity index (χ0) is 16.1. The van der Waals surface area contributed by atoms with Crippen LogP contribution in [0.25, 0.3) is 0 Å². The first kappa shape index (κ1) is 15.6. The minimum atomic E-state index is -0.0458. The number of rotatable bonds is 6. The molecule has 1 aliphatic heterocycles. The van der Waals surface area contributed by atoms with Crippen molar-refractivity contribution < 1.29 is 14.3 Å². The van der Waals surface area contributed by atoms with Crippen molar-refractivity contribution in [3.8, 4) is 11.5 Å². The minimum absolute atomic E-state index is 0.0458. The minimum Gasteiger partial charge on any atom is -0.486 e. The summed E-state index contributed by atoms with van der Waals surface area (Å²) < 4.78 is 12.6. The van der Waals surface area contributed by atoms with Gasteiger partial charge in [0.2, 0.25) is 11.1 Å². The smallest absolute Gasteiger partial charge is 0.230 e. The molecule has 9 heteroatoms. The van der Waals surface area contributed by atoms with Gasteiger partial charge in [0.1, 0.15) is 13.2 Å². The molecule has 0 bridgehead atoms. The Morgan fingerprint density at radius 3 is 2.96 bits per heavy atom. The predicted octanol–water partition coefficient (Wildman–Crippen LogP) is 0.432. The summed E-state index contributed by atoms with van der Waals surface area (Å²) in [5.74, 6) is 1.79. The number of thioether (sulfide) groups is 1. The van der Waals surface area contributed by atoms with Crippen molar-refractivity contribution in [3.05, 3.63) is 23.8 Å².